The lowest BCUT2D eigenvalue weighted by Crippen LogP contribution is -2.40. The molecule has 2 rings (SSSR count). The van der Waals surface area contributed by atoms with Gasteiger partial charge in [0.1, 0.15) is 0 Å². The Morgan fingerprint density at radius 2 is 1.92 bits per heavy atom. The van der Waals surface area contributed by atoms with Gasteiger partial charge in [0.25, 0.3) is 0 Å². The number of hydrogen-bond acceptors (Lipinski definition) is 5. The Morgan fingerprint density at radius 3 is 2.46 bits per heavy atom. The van der Waals surface area contributed by atoms with Crippen molar-refractivity contribution in [1.82, 2.24) is 24.7 Å². The number of nitrogens with one attached hydrogen (secondary N) is 2. The Bertz CT molecular complexity index is 713. The molecule has 0 bridgehead atoms. The molecule has 9 heteroatoms. The van der Waals surface area contributed by atoms with E-state index in [4.69, 9.17) is 0 Å². The van der Waals surface area contributed by atoms with Gasteiger partial charge in [0, 0.05) is 50.9 Å². The highest BCUT2D eigenvalue weighted by Gasteiger charge is 2.40. The zero-order chi connectivity index (χ0) is 18.1. The number of nitrogens with zero attached hydrogens (tertiary/aromatic N) is 3. The molecule has 1 aliphatic heterocycles. The predicted molar refractivity (Wildman–Crippen MR) is 92.1 cm³/mol. The summed E-state index contributed by atoms with van der Waals surface area (Å²) in [6.07, 6.45) is 0.398. The highest BCUT2D eigenvalue weighted by molar-refractivity contribution is 7.89. The van der Waals surface area contributed by atoms with Crippen LogP contribution in [0, 0.1) is 13.8 Å². The number of hydrogen-bond donors (Lipinski definition) is 2. The first kappa shape index (κ1) is 18.9. The molecule has 1 aromatic heterocycles. The number of aromatic nitrogens is 2. The average molecular weight is 357 g/mol. The normalized spacial score (nSPS) is 21.7. The number of likely N-dealkylation sites (tertiary alicyclic amines) is 1. The van der Waals surface area contributed by atoms with Crippen LogP contribution in [0.4, 0.5) is 0 Å². The molecule has 0 spiro atoms. The van der Waals surface area contributed by atoms with Crippen LogP contribution in [0.5, 0.6) is 0 Å². The van der Waals surface area contributed by atoms with E-state index >= 15 is 0 Å². The summed E-state index contributed by atoms with van der Waals surface area (Å²) in [4.78, 5) is 13.9. The lowest BCUT2D eigenvalue weighted by Gasteiger charge is -2.26. The largest absolute Gasteiger partial charge is 0.337 e. The van der Waals surface area contributed by atoms with Crippen LogP contribution in [-0.4, -0.2) is 60.9 Å². The lowest BCUT2D eigenvalue weighted by atomic mass is 9.98. The first-order chi connectivity index (χ1) is 11.2. The van der Waals surface area contributed by atoms with Gasteiger partial charge in [-0.2, -0.15) is 5.10 Å². The quantitative estimate of drug-likeness (QED) is 0.661. The Kier molecular flexibility index (Phi) is 5.67. The molecule has 0 unspecified atom stereocenters. The average Bonchev–Trinajstić information content (AvgIpc) is 2.92. The smallest absolute Gasteiger partial charge is 0.224 e. The number of amides is 1. The number of rotatable bonds is 7. The zero-order valence-electron chi connectivity index (χ0n) is 15.0. The number of sulfonamides is 1. The minimum Gasteiger partial charge on any atom is -0.337 e. The van der Waals surface area contributed by atoms with Crippen molar-refractivity contribution < 1.29 is 13.2 Å². The molecule has 1 saturated heterocycles. The van der Waals surface area contributed by atoms with Crippen molar-refractivity contribution in [2.75, 3.05) is 25.9 Å². The maximum atomic E-state index is 12.2. The van der Waals surface area contributed by atoms with Gasteiger partial charge in [-0.15, -0.1) is 0 Å². The molecule has 2 atom stereocenters. The standard InChI is InChI=1S/C15H27N5O3S/c1-6-24(22,23)17-8-7-16-12-9-13(21)19(4)15(12)14-10(2)18-20(5)11(14)3/h12,15-17H,6-9H2,1-5H3/t12-,15-/m1/s1. The number of likely N-dealkylation sites (N-methyl/N-ethyl adjacent to an activating group) is 1. The fourth-order valence-electron chi connectivity index (χ4n) is 3.23. The zero-order valence-corrected chi connectivity index (χ0v) is 15.8. The summed E-state index contributed by atoms with van der Waals surface area (Å²) in [5.74, 6) is 0.142. The van der Waals surface area contributed by atoms with Crippen molar-refractivity contribution in [2.45, 2.75) is 39.3 Å². The summed E-state index contributed by atoms with van der Waals surface area (Å²) >= 11 is 0. The van der Waals surface area contributed by atoms with E-state index in [2.05, 4.69) is 15.1 Å². The second-order valence-electron chi connectivity index (χ2n) is 6.22. The van der Waals surface area contributed by atoms with E-state index in [-0.39, 0.29) is 23.7 Å². The molecule has 2 heterocycles. The third-order valence-corrected chi connectivity index (χ3v) is 6.08. The SMILES string of the molecule is CCS(=O)(=O)NCCN[C@@H]1CC(=O)N(C)[C@H]1c1c(C)nn(C)c1C. The van der Waals surface area contributed by atoms with Crippen molar-refractivity contribution in [2.24, 2.45) is 7.05 Å². The summed E-state index contributed by atoms with van der Waals surface area (Å²) < 4.78 is 27.3. The molecular weight excluding hydrogens is 330 g/mol. The van der Waals surface area contributed by atoms with E-state index in [0.717, 1.165) is 17.0 Å². The van der Waals surface area contributed by atoms with Gasteiger partial charge in [0.2, 0.25) is 15.9 Å². The van der Waals surface area contributed by atoms with Crippen molar-refractivity contribution in [3.63, 3.8) is 0 Å². The number of aryl methyl sites for hydroxylation is 2. The topological polar surface area (TPSA) is 96.3 Å². The van der Waals surface area contributed by atoms with E-state index in [1.807, 2.05) is 25.6 Å². The van der Waals surface area contributed by atoms with Gasteiger partial charge < -0.3 is 10.2 Å². The van der Waals surface area contributed by atoms with Crippen LogP contribution >= 0.6 is 0 Å². The van der Waals surface area contributed by atoms with Crippen LogP contribution in [0.1, 0.15) is 36.3 Å². The minimum atomic E-state index is -3.19. The lowest BCUT2D eigenvalue weighted by molar-refractivity contribution is -0.127. The van der Waals surface area contributed by atoms with Gasteiger partial charge in [0.15, 0.2) is 0 Å². The van der Waals surface area contributed by atoms with Crippen molar-refractivity contribution in [3.05, 3.63) is 17.0 Å². The molecule has 0 aliphatic carbocycles. The second kappa shape index (κ2) is 7.20. The first-order valence-electron chi connectivity index (χ1n) is 8.14. The van der Waals surface area contributed by atoms with Crippen molar-refractivity contribution in [1.29, 1.82) is 0 Å². The molecule has 1 aliphatic rings. The molecular formula is C15H27N5O3S. The van der Waals surface area contributed by atoms with Gasteiger partial charge in [-0.05, 0) is 20.8 Å². The number of carbonyl (C=O) groups is 1. The van der Waals surface area contributed by atoms with Gasteiger partial charge in [-0.3, -0.25) is 9.48 Å². The van der Waals surface area contributed by atoms with Crippen LogP contribution in [0.3, 0.4) is 0 Å². The maximum absolute atomic E-state index is 12.2. The maximum Gasteiger partial charge on any atom is 0.224 e. The third-order valence-electron chi connectivity index (χ3n) is 4.68. The second-order valence-corrected chi connectivity index (χ2v) is 8.32. The predicted octanol–water partition coefficient (Wildman–Crippen LogP) is -0.162. The highest BCUT2D eigenvalue weighted by Crippen LogP contribution is 2.35. The molecule has 0 aromatic carbocycles. The molecule has 136 valence electrons. The van der Waals surface area contributed by atoms with Crippen LogP contribution in [0.15, 0.2) is 0 Å². The van der Waals surface area contributed by atoms with Crippen LogP contribution in [0.25, 0.3) is 0 Å². The van der Waals surface area contributed by atoms with E-state index < -0.39 is 10.0 Å². The Balaban J connectivity index is 2.09. The van der Waals surface area contributed by atoms with Crippen molar-refractivity contribution >= 4 is 15.9 Å². The summed E-state index contributed by atoms with van der Waals surface area (Å²) in [5.41, 5.74) is 3.02. The van der Waals surface area contributed by atoms with Crippen molar-refractivity contribution in [3.8, 4) is 0 Å². The molecule has 24 heavy (non-hydrogen) atoms. The van der Waals surface area contributed by atoms with E-state index in [1.54, 1.807) is 18.9 Å². The molecule has 2 N–H and O–H groups in total. The Morgan fingerprint density at radius 1 is 1.25 bits per heavy atom. The third kappa shape index (κ3) is 3.79. The monoisotopic (exact) mass is 357 g/mol. The molecule has 1 fully saturated rings. The Labute approximate surface area is 143 Å². The molecule has 0 radical (unpaired) electrons. The van der Waals surface area contributed by atoms with Gasteiger partial charge in [0.05, 0.1) is 17.5 Å². The Hall–Kier alpha value is -1.45. The summed E-state index contributed by atoms with van der Waals surface area (Å²) in [6.45, 7) is 6.33. The first-order valence-corrected chi connectivity index (χ1v) is 9.79. The molecule has 0 saturated carbocycles. The van der Waals surface area contributed by atoms with Crippen LogP contribution in [0.2, 0.25) is 0 Å². The van der Waals surface area contributed by atoms with Gasteiger partial charge >= 0.3 is 0 Å². The molecule has 8 nitrogen and oxygen atoms in total. The minimum absolute atomic E-state index is 0.0600. The van der Waals surface area contributed by atoms with Gasteiger partial charge in [-0.1, -0.05) is 0 Å². The summed E-state index contributed by atoms with van der Waals surface area (Å²) in [7, 11) is 0.506. The van der Waals surface area contributed by atoms with Crippen LogP contribution < -0.4 is 10.0 Å². The number of carbonyl (C=O) groups excluding carboxylic acids is 1. The van der Waals surface area contributed by atoms with E-state index in [0.29, 0.717) is 19.5 Å². The van der Waals surface area contributed by atoms with E-state index in [9.17, 15) is 13.2 Å². The van der Waals surface area contributed by atoms with Gasteiger partial charge in [-0.25, -0.2) is 13.1 Å². The van der Waals surface area contributed by atoms with Crippen LogP contribution in [-0.2, 0) is 21.9 Å². The fraction of sp³-hybridized carbons (Fsp3) is 0.733. The fourth-order valence-corrected chi connectivity index (χ4v) is 3.85. The van der Waals surface area contributed by atoms with E-state index in [1.165, 1.54) is 0 Å². The highest BCUT2D eigenvalue weighted by atomic mass is 32.2. The summed E-state index contributed by atoms with van der Waals surface area (Å²) in [6, 6.07) is -0.149. The summed E-state index contributed by atoms with van der Waals surface area (Å²) in [5, 5.41) is 7.77. The molecule has 1 aromatic rings. The molecule has 1 amide bonds.